The zero-order chi connectivity index (χ0) is 17.3. The third-order valence-electron chi connectivity index (χ3n) is 4.33. The second kappa shape index (κ2) is 6.60. The van der Waals surface area contributed by atoms with Crippen molar-refractivity contribution < 1.29 is 5.11 Å². The highest BCUT2D eigenvalue weighted by Crippen LogP contribution is 2.51. The maximum Gasteiger partial charge on any atom is 0.0820 e. The van der Waals surface area contributed by atoms with Gasteiger partial charge in [-0.3, -0.25) is 0 Å². The van der Waals surface area contributed by atoms with Gasteiger partial charge in [0.05, 0.1) is 6.26 Å². The largest absolute Gasteiger partial charge is 0.515 e. The number of hydrogen-bond acceptors (Lipinski definition) is 2. The van der Waals surface area contributed by atoms with Crippen LogP contribution < -0.4 is 0 Å². The Morgan fingerprint density at radius 2 is 1.87 bits per heavy atom. The van der Waals surface area contributed by atoms with E-state index in [2.05, 4.69) is 58.9 Å². The molecule has 0 radical (unpaired) electrons. The highest BCUT2D eigenvalue weighted by molar-refractivity contribution is 8.00. The van der Waals surface area contributed by atoms with E-state index in [4.69, 9.17) is 5.11 Å². The lowest BCUT2D eigenvalue weighted by molar-refractivity contribution is 0.408. The zero-order valence-corrected chi connectivity index (χ0v) is 15.9. The maximum absolute atomic E-state index is 8.91. The van der Waals surface area contributed by atoms with E-state index >= 15 is 0 Å². The summed E-state index contributed by atoms with van der Waals surface area (Å²) in [5.74, 6) is 0. The van der Waals surface area contributed by atoms with Crippen LogP contribution in [0.1, 0.15) is 59.1 Å². The summed E-state index contributed by atoms with van der Waals surface area (Å²) in [7, 11) is 0. The predicted molar refractivity (Wildman–Crippen MR) is 103 cm³/mol. The van der Waals surface area contributed by atoms with Crippen molar-refractivity contribution in [2.24, 2.45) is 0 Å². The fourth-order valence-electron chi connectivity index (χ4n) is 3.37. The molecule has 0 atom stereocenters. The first kappa shape index (κ1) is 17.9. The summed E-state index contributed by atoms with van der Waals surface area (Å²) in [5, 5.41) is 8.91. The molecule has 0 saturated heterocycles. The molecule has 0 aromatic heterocycles. The lowest BCUT2D eigenvalue weighted by Gasteiger charge is -2.41. The Hall–Kier alpha value is -1.41. The van der Waals surface area contributed by atoms with Gasteiger partial charge >= 0.3 is 0 Å². The minimum Gasteiger partial charge on any atom is -0.515 e. The van der Waals surface area contributed by atoms with Crippen LogP contribution in [0.2, 0.25) is 0 Å². The number of hydrogen-bond donors (Lipinski definition) is 1. The summed E-state index contributed by atoms with van der Waals surface area (Å²) in [5.41, 5.74) is 5.02. The highest BCUT2D eigenvalue weighted by Gasteiger charge is 2.37. The number of rotatable bonds is 3. The number of aliphatic hydroxyl groups excluding tert-OH is 1. The second-order valence-corrected chi connectivity index (χ2v) is 9.46. The average molecular weight is 329 g/mol. The van der Waals surface area contributed by atoms with Crippen molar-refractivity contribution in [1.29, 1.82) is 0 Å². The van der Waals surface area contributed by atoms with Gasteiger partial charge in [0.1, 0.15) is 0 Å². The quantitative estimate of drug-likeness (QED) is 0.494. The van der Waals surface area contributed by atoms with Gasteiger partial charge in [0, 0.05) is 9.64 Å². The van der Waals surface area contributed by atoms with E-state index in [1.165, 1.54) is 28.0 Å². The third kappa shape index (κ3) is 4.32. The minimum absolute atomic E-state index is 0.201. The first-order valence-electron chi connectivity index (χ1n) is 8.14. The molecule has 0 saturated carbocycles. The van der Waals surface area contributed by atoms with Gasteiger partial charge in [-0.05, 0) is 60.1 Å². The SMILES string of the molecule is CC(/C=C/C=C(\C)c1ccc2c(c1)C(C)(C)CC(C)(C)S2)=C\O. The molecular formula is C21H28OS. The lowest BCUT2D eigenvalue weighted by atomic mass is 9.76. The number of thioether (sulfide) groups is 1. The van der Waals surface area contributed by atoms with Crippen LogP contribution in [0, 0.1) is 0 Å². The smallest absolute Gasteiger partial charge is 0.0820 e. The number of fused-ring (bicyclic) bond motifs is 1. The Labute approximate surface area is 145 Å². The molecule has 1 aromatic carbocycles. The lowest BCUT2D eigenvalue weighted by Crippen LogP contribution is -2.33. The van der Waals surface area contributed by atoms with Gasteiger partial charge < -0.3 is 5.11 Å². The van der Waals surface area contributed by atoms with Crippen molar-refractivity contribution >= 4 is 17.3 Å². The van der Waals surface area contributed by atoms with Crippen LogP contribution >= 0.6 is 11.8 Å². The zero-order valence-electron chi connectivity index (χ0n) is 15.1. The average Bonchev–Trinajstić information content (AvgIpc) is 2.44. The van der Waals surface area contributed by atoms with E-state index in [-0.39, 0.29) is 5.41 Å². The van der Waals surface area contributed by atoms with Crippen LogP contribution in [0.3, 0.4) is 0 Å². The summed E-state index contributed by atoms with van der Waals surface area (Å²) < 4.78 is 0.291. The number of aliphatic hydroxyl groups is 1. The first-order chi connectivity index (χ1) is 10.6. The topological polar surface area (TPSA) is 20.2 Å². The number of allylic oxidation sites excluding steroid dienone is 5. The Morgan fingerprint density at radius 3 is 2.52 bits per heavy atom. The Morgan fingerprint density at radius 1 is 1.17 bits per heavy atom. The van der Waals surface area contributed by atoms with Crippen molar-refractivity contribution in [3.8, 4) is 0 Å². The van der Waals surface area contributed by atoms with Crippen LogP contribution in [0.25, 0.3) is 5.57 Å². The first-order valence-corrected chi connectivity index (χ1v) is 8.96. The van der Waals surface area contributed by atoms with Crippen LogP contribution in [0.15, 0.2) is 53.2 Å². The molecule has 0 bridgehead atoms. The molecular weight excluding hydrogens is 300 g/mol. The van der Waals surface area contributed by atoms with Crippen LogP contribution in [-0.2, 0) is 5.41 Å². The molecule has 0 spiro atoms. The molecule has 1 heterocycles. The van der Waals surface area contributed by atoms with Crippen LogP contribution in [0.4, 0.5) is 0 Å². The summed E-state index contributed by atoms with van der Waals surface area (Å²) in [4.78, 5) is 1.41. The number of benzene rings is 1. The van der Waals surface area contributed by atoms with Gasteiger partial charge in [0.15, 0.2) is 0 Å². The molecule has 0 fully saturated rings. The second-order valence-electron chi connectivity index (χ2n) is 7.72. The van der Waals surface area contributed by atoms with Crippen LogP contribution in [0.5, 0.6) is 0 Å². The van der Waals surface area contributed by atoms with E-state index in [1.807, 2.05) is 30.8 Å². The molecule has 0 aliphatic carbocycles. The maximum atomic E-state index is 8.91. The Balaban J connectivity index is 2.35. The van der Waals surface area contributed by atoms with E-state index in [9.17, 15) is 0 Å². The third-order valence-corrected chi connectivity index (χ3v) is 5.60. The molecule has 0 amide bonds. The van der Waals surface area contributed by atoms with Gasteiger partial charge in [-0.2, -0.15) is 0 Å². The van der Waals surface area contributed by atoms with Crippen molar-refractivity contribution in [2.75, 3.05) is 0 Å². The molecule has 124 valence electrons. The van der Waals surface area contributed by atoms with Gasteiger partial charge in [0.25, 0.3) is 0 Å². The van der Waals surface area contributed by atoms with Crippen molar-refractivity contribution in [1.82, 2.24) is 0 Å². The van der Waals surface area contributed by atoms with Crippen molar-refractivity contribution in [3.05, 3.63) is 59.4 Å². The predicted octanol–water partition coefficient (Wildman–Crippen LogP) is 6.66. The van der Waals surface area contributed by atoms with Gasteiger partial charge in [-0.15, -0.1) is 11.8 Å². The molecule has 23 heavy (non-hydrogen) atoms. The summed E-state index contributed by atoms with van der Waals surface area (Å²) in [6, 6.07) is 6.85. The molecule has 0 unspecified atom stereocenters. The Kier molecular flexibility index (Phi) is 5.15. The fourth-order valence-corrected chi connectivity index (χ4v) is 4.98. The monoisotopic (exact) mass is 328 g/mol. The van der Waals surface area contributed by atoms with Crippen molar-refractivity contribution in [3.63, 3.8) is 0 Å². The van der Waals surface area contributed by atoms with Crippen molar-refractivity contribution in [2.45, 2.75) is 63.0 Å². The highest BCUT2D eigenvalue weighted by atomic mass is 32.2. The standard InChI is InChI=1S/C21H28OS/c1-15(13-22)8-7-9-16(2)17-10-11-19-18(12-17)20(3,4)14-21(5,6)23-19/h7-13,22H,14H2,1-6H3/b8-7+,15-13+,16-9+. The fraction of sp³-hybridized carbons (Fsp3) is 0.429. The molecule has 1 aliphatic rings. The van der Waals surface area contributed by atoms with E-state index < -0.39 is 0 Å². The molecule has 1 aliphatic heterocycles. The summed E-state index contributed by atoms with van der Waals surface area (Å²) in [6.45, 7) is 13.4. The minimum atomic E-state index is 0.201. The van der Waals surface area contributed by atoms with Gasteiger partial charge in [0.2, 0.25) is 0 Å². The Bertz CT molecular complexity index is 675. The van der Waals surface area contributed by atoms with E-state index in [0.717, 1.165) is 11.8 Å². The normalized spacial score (nSPS) is 20.6. The molecule has 1 nitrogen and oxygen atoms in total. The van der Waals surface area contributed by atoms with E-state index in [0.29, 0.717) is 4.75 Å². The van der Waals surface area contributed by atoms with E-state index in [1.54, 1.807) is 0 Å². The molecule has 1 N–H and O–H groups in total. The molecule has 1 aromatic rings. The van der Waals surface area contributed by atoms with Gasteiger partial charge in [-0.25, -0.2) is 0 Å². The summed E-state index contributed by atoms with van der Waals surface area (Å²) >= 11 is 1.99. The molecule has 2 rings (SSSR count). The van der Waals surface area contributed by atoms with Crippen LogP contribution in [-0.4, -0.2) is 9.85 Å². The molecule has 2 heteroatoms. The van der Waals surface area contributed by atoms with Gasteiger partial charge in [-0.1, -0.05) is 52.0 Å². The summed E-state index contributed by atoms with van der Waals surface area (Å²) in [6.07, 6.45) is 8.30.